The van der Waals surface area contributed by atoms with E-state index in [9.17, 15) is 4.39 Å². The van der Waals surface area contributed by atoms with Crippen LogP contribution in [0.5, 0.6) is 0 Å². The van der Waals surface area contributed by atoms with Crippen LogP contribution in [0.2, 0.25) is 0 Å². The first-order valence-corrected chi connectivity index (χ1v) is 6.52. The van der Waals surface area contributed by atoms with Gasteiger partial charge in [-0.1, -0.05) is 6.07 Å². The molecule has 0 saturated carbocycles. The number of hydrogen-bond donors (Lipinski definition) is 1. The number of ether oxygens (including phenoxy) is 1. The van der Waals surface area contributed by atoms with Crippen LogP contribution in [0, 0.1) is 5.82 Å². The molecule has 0 radical (unpaired) electrons. The predicted molar refractivity (Wildman–Crippen MR) is 71.4 cm³/mol. The first kappa shape index (κ1) is 13.3. The Labute approximate surface area is 108 Å². The van der Waals surface area contributed by atoms with Gasteiger partial charge >= 0.3 is 0 Å². The number of hydrogen-bond acceptors (Lipinski definition) is 3. The number of methoxy groups -OCH3 is 1. The summed E-state index contributed by atoms with van der Waals surface area (Å²) in [5.74, 6) is -0.194. The van der Waals surface area contributed by atoms with Crippen LogP contribution in [0.4, 0.5) is 10.1 Å². The number of piperidine rings is 1. The van der Waals surface area contributed by atoms with Crippen molar-refractivity contribution in [1.82, 2.24) is 4.90 Å². The van der Waals surface area contributed by atoms with E-state index in [-0.39, 0.29) is 5.82 Å². The number of benzene rings is 1. The molecular formula is C14H21FN2O. The van der Waals surface area contributed by atoms with Crippen LogP contribution in [-0.2, 0) is 4.74 Å². The predicted octanol–water partition coefficient (Wildman–Crippen LogP) is 2.35. The highest BCUT2D eigenvalue weighted by Gasteiger charge is 2.17. The number of nitrogens with one attached hydrogen (secondary N) is 1. The second-order valence-corrected chi connectivity index (χ2v) is 4.71. The molecule has 1 saturated heterocycles. The van der Waals surface area contributed by atoms with Crippen molar-refractivity contribution in [1.29, 1.82) is 0 Å². The van der Waals surface area contributed by atoms with Gasteiger partial charge in [0.05, 0.1) is 6.10 Å². The first-order valence-electron chi connectivity index (χ1n) is 6.52. The van der Waals surface area contributed by atoms with Crippen molar-refractivity contribution in [3.63, 3.8) is 0 Å². The molecule has 1 aliphatic heterocycles. The third-order valence-corrected chi connectivity index (χ3v) is 3.45. The van der Waals surface area contributed by atoms with E-state index in [2.05, 4.69) is 10.2 Å². The monoisotopic (exact) mass is 252 g/mol. The van der Waals surface area contributed by atoms with Crippen molar-refractivity contribution in [2.45, 2.75) is 18.9 Å². The summed E-state index contributed by atoms with van der Waals surface area (Å²) >= 11 is 0. The van der Waals surface area contributed by atoms with Crippen LogP contribution in [0.15, 0.2) is 24.3 Å². The zero-order chi connectivity index (χ0) is 12.8. The highest BCUT2D eigenvalue weighted by molar-refractivity contribution is 5.42. The fraction of sp³-hybridized carbons (Fsp3) is 0.571. The summed E-state index contributed by atoms with van der Waals surface area (Å²) in [5.41, 5.74) is 0.849. The van der Waals surface area contributed by atoms with Gasteiger partial charge in [0.2, 0.25) is 0 Å². The summed E-state index contributed by atoms with van der Waals surface area (Å²) in [7, 11) is 1.78. The Hall–Kier alpha value is -1.13. The second kappa shape index (κ2) is 6.71. The molecule has 0 atom stereocenters. The molecule has 4 heteroatoms. The number of rotatable bonds is 5. The molecule has 0 aromatic heterocycles. The summed E-state index contributed by atoms with van der Waals surface area (Å²) in [6, 6.07) is 6.60. The lowest BCUT2D eigenvalue weighted by Gasteiger charge is -2.31. The normalized spacial score (nSPS) is 17.9. The molecule has 0 aliphatic carbocycles. The largest absolute Gasteiger partial charge is 0.384 e. The van der Waals surface area contributed by atoms with E-state index in [0.717, 1.165) is 44.7 Å². The Morgan fingerprint density at radius 3 is 2.83 bits per heavy atom. The maximum atomic E-state index is 13.0. The molecular weight excluding hydrogens is 231 g/mol. The summed E-state index contributed by atoms with van der Waals surface area (Å²) in [4.78, 5) is 2.42. The van der Waals surface area contributed by atoms with Gasteiger partial charge in [0, 0.05) is 39.0 Å². The van der Waals surface area contributed by atoms with Crippen LogP contribution < -0.4 is 5.32 Å². The molecule has 1 fully saturated rings. The van der Waals surface area contributed by atoms with E-state index in [1.807, 2.05) is 6.07 Å². The van der Waals surface area contributed by atoms with Gasteiger partial charge in [-0.3, -0.25) is 0 Å². The number of halogens is 1. The average molecular weight is 252 g/mol. The van der Waals surface area contributed by atoms with Gasteiger partial charge in [0.15, 0.2) is 0 Å². The minimum Gasteiger partial charge on any atom is -0.384 e. The summed E-state index contributed by atoms with van der Waals surface area (Å²) in [6.45, 7) is 4.01. The smallest absolute Gasteiger partial charge is 0.125 e. The van der Waals surface area contributed by atoms with E-state index >= 15 is 0 Å². The SMILES string of the molecule is COC1CCN(CCNc2cccc(F)c2)CC1. The number of nitrogens with zero attached hydrogens (tertiary/aromatic N) is 1. The third-order valence-electron chi connectivity index (χ3n) is 3.45. The molecule has 1 aromatic rings. The van der Waals surface area contributed by atoms with Crippen molar-refractivity contribution in [3.8, 4) is 0 Å². The van der Waals surface area contributed by atoms with Gasteiger partial charge in [-0.2, -0.15) is 0 Å². The molecule has 0 bridgehead atoms. The molecule has 1 heterocycles. The molecule has 0 amide bonds. The summed E-state index contributed by atoms with van der Waals surface area (Å²) in [5, 5.41) is 3.25. The van der Waals surface area contributed by atoms with Crippen LogP contribution >= 0.6 is 0 Å². The van der Waals surface area contributed by atoms with Crippen molar-refractivity contribution < 1.29 is 9.13 Å². The maximum Gasteiger partial charge on any atom is 0.125 e. The highest BCUT2D eigenvalue weighted by atomic mass is 19.1. The zero-order valence-electron chi connectivity index (χ0n) is 10.9. The number of anilines is 1. The standard InChI is InChI=1S/C14H21FN2O/c1-18-14-5-8-17(9-6-14)10-7-16-13-4-2-3-12(15)11-13/h2-4,11,14,16H,5-10H2,1H3. The summed E-state index contributed by atoms with van der Waals surface area (Å²) < 4.78 is 18.3. The molecule has 1 N–H and O–H groups in total. The van der Waals surface area contributed by atoms with Crippen LogP contribution in [0.1, 0.15) is 12.8 Å². The van der Waals surface area contributed by atoms with Gasteiger partial charge in [0.1, 0.15) is 5.82 Å². The Balaban J connectivity index is 1.67. The van der Waals surface area contributed by atoms with Gasteiger partial charge in [-0.05, 0) is 31.0 Å². The molecule has 18 heavy (non-hydrogen) atoms. The molecule has 0 spiro atoms. The van der Waals surface area contributed by atoms with Gasteiger partial charge < -0.3 is 15.0 Å². The second-order valence-electron chi connectivity index (χ2n) is 4.71. The van der Waals surface area contributed by atoms with E-state index in [1.165, 1.54) is 12.1 Å². The van der Waals surface area contributed by atoms with E-state index < -0.39 is 0 Å². The topological polar surface area (TPSA) is 24.5 Å². The Morgan fingerprint density at radius 1 is 1.39 bits per heavy atom. The minimum atomic E-state index is -0.194. The van der Waals surface area contributed by atoms with Gasteiger partial charge in [-0.25, -0.2) is 4.39 Å². The maximum absolute atomic E-state index is 13.0. The fourth-order valence-electron chi connectivity index (χ4n) is 2.33. The average Bonchev–Trinajstić information content (AvgIpc) is 2.40. The lowest BCUT2D eigenvalue weighted by molar-refractivity contribution is 0.0423. The zero-order valence-corrected chi connectivity index (χ0v) is 10.9. The third kappa shape index (κ3) is 3.96. The lowest BCUT2D eigenvalue weighted by atomic mass is 10.1. The molecule has 100 valence electrons. The van der Waals surface area contributed by atoms with Crippen molar-refractivity contribution in [2.24, 2.45) is 0 Å². The fourth-order valence-corrected chi connectivity index (χ4v) is 2.33. The Kier molecular flexibility index (Phi) is 4.96. The van der Waals surface area contributed by atoms with Crippen LogP contribution in [-0.4, -0.2) is 44.3 Å². The van der Waals surface area contributed by atoms with Gasteiger partial charge in [-0.15, -0.1) is 0 Å². The summed E-state index contributed by atoms with van der Waals surface area (Å²) in [6.07, 6.45) is 2.64. The lowest BCUT2D eigenvalue weighted by Crippen LogP contribution is -2.39. The molecule has 3 nitrogen and oxygen atoms in total. The van der Waals surface area contributed by atoms with Crippen molar-refractivity contribution in [2.75, 3.05) is 38.6 Å². The van der Waals surface area contributed by atoms with Crippen molar-refractivity contribution in [3.05, 3.63) is 30.1 Å². The quantitative estimate of drug-likeness (QED) is 0.870. The molecule has 0 unspecified atom stereocenters. The van der Waals surface area contributed by atoms with Crippen LogP contribution in [0.3, 0.4) is 0 Å². The van der Waals surface area contributed by atoms with Gasteiger partial charge in [0.25, 0.3) is 0 Å². The molecule has 1 aromatic carbocycles. The molecule has 1 aliphatic rings. The Morgan fingerprint density at radius 2 is 2.17 bits per heavy atom. The minimum absolute atomic E-state index is 0.194. The van der Waals surface area contributed by atoms with E-state index in [0.29, 0.717) is 6.10 Å². The van der Waals surface area contributed by atoms with E-state index in [1.54, 1.807) is 13.2 Å². The highest BCUT2D eigenvalue weighted by Crippen LogP contribution is 2.13. The Bertz CT molecular complexity index is 365. The first-order chi connectivity index (χ1) is 8.78. The molecule has 2 rings (SSSR count). The van der Waals surface area contributed by atoms with Crippen LogP contribution in [0.25, 0.3) is 0 Å². The number of likely N-dealkylation sites (tertiary alicyclic amines) is 1. The van der Waals surface area contributed by atoms with E-state index in [4.69, 9.17) is 4.74 Å². The van der Waals surface area contributed by atoms with Crippen molar-refractivity contribution >= 4 is 5.69 Å².